The minimum Gasteiger partial charge on any atom is -0.327 e. The Kier molecular flexibility index (Phi) is 2.75. The van der Waals surface area contributed by atoms with Gasteiger partial charge in [-0.3, -0.25) is 4.68 Å². The molecule has 1 unspecified atom stereocenters. The fraction of sp³-hybridized carbons (Fsp3) is 0.625. The summed E-state index contributed by atoms with van der Waals surface area (Å²) in [5.41, 5.74) is 8.41. The predicted molar refractivity (Wildman–Crippen MR) is 50.5 cm³/mol. The van der Waals surface area contributed by atoms with Gasteiger partial charge in [0.2, 0.25) is 0 Å². The molecule has 1 aliphatic rings. The molecule has 1 atom stereocenters. The molecular formula is C8H14ClN3. The van der Waals surface area contributed by atoms with Crippen molar-refractivity contribution in [2.45, 2.75) is 25.3 Å². The van der Waals surface area contributed by atoms with E-state index in [9.17, 15) is 0 Å². The zero-order chi connectivity index (χ0) is 7.84. The number of rotatable bonds is 0. The summed E-state index contributed by atoms with van der Waals surface area (Å²) in [5, 5.41) is 4.35. The van der Waals surface area contributed by atoms with E-state index >= 15 is 0 Å². The highest BCUT2D eigenvalue weighted by Crippen LogP contribution is 2.17. The second-order valence-electron chi connectivity index (χ2n) is 3.28. The van der Waals surface area contributed by atoms with E-state index in [0.29, 0.717) is 6.04 Å². The number of nitrogens with two attached hydrogens (primary N) is 1. The number of aryl methyl sites for hydroxylation is 2. The van der Waals surface area contributed by atoms with Gasteiger partial charge in [-0.25, -0.2) is 0 Å². The zero-order valence-electron chi connectivity index (χ0n) is 7.16. The van der Waals surface area contributed by atoms with Crippen LogP contribution >= 0.6 is 12.4 Å². The molecule has 0 amide bonds. The van der Waals surface area contributed by atoms with Crippen LogP contribution in [0.4, 0.5) is 0 Å². The first-order valence-corrected chi connectivity index (χ1v) is 4.02. The maximum atomic E-state index is 5.82. The van der Waals surface area contributed by atoms with Crippen molar-refractivity contribution in [2.75, 3.05) is 0 Å². The highest BCUT2D eigenvalue weighted by molar-refractivity contribution is 5.85. The normalized spacial score (nSPS) is 21.3. The van der Waals surface area contributed by atoms with Crippen molar-refractivity contribution in [1.29, 1.82) is 0 Å². The smallest absolute Gasteiger partial charge is 0.0657 e. The highest BCUT2D eigenvalue weighted by atomic mass is 35.5. The molecule has 0 aromatic carbocycles. The van der Waals surface area contributed by atoms with Gasteiger partial charge in [0.15, 0.2) is 0 Å². The van der Waals surface area contributed by atoms with Gasteiger partial charge < -0.3 is 5.73 Å². The van der Waals surface area contributed by atoms with Crippen LogP contribution in [0.25, 0.3) is 0 Å². The van der Waals surface area contributed by atoms with Gasteiger partial charge >= 0.3 is 0 Å². The lowest BCUT2D eigenvalue weighted by Gasteiger charge is -2.15. The Labute approximate surface area is 78.4 Å². The zero-order valence-corrected chi connectivity index (χ0v) is 7.97. The van der Waals surface area contributed by atoms with Crippen molar-refractivity contribution < 1.29 is 0 Å². The first kappa shape index (κ1) is 9.55. The molecule has 1 aliphatic carbocycles. The number of hydrogen-bond donors (Lipinski definition) is 1. The molecule has 1 aromatic rings. The largest absolute Gasteiger partial charge is 0.327 e. The molecule has 1 heterocycles. The number of nitrogens with zero attached hydrogens (tertiary/aromatic N) is 2. The van der Waals surface area contributed by atoms with Crippen molar-refractivity contribution in [3.05, 3.63) is 17.5 Å². The van der Waals surface area contributed by atoms with E-state index in [4.69, 9.17) is 5.73 Å². The average molecular weight is 188 g/mol. The summed E-state index contributed by atoms with van der Waals surface area (Å²) >= 11 is 0. The van der Waals surface area contributed by atoms with Crippen molar-refractivity contribution >= 4 is 12.4 Å². The Morgan fingerprint density at radius 3 is 3.17 bits per heavy atom. The van der Waals surface area contributed by atoms with Crippen LogP contribution in [0.2, 0.25) is 0 Å². The minimum atomic E-state index is 0. The van der Waals surface area contributed by atoms with E-state index in [0.717, 1.165) is 19.3 Å². The molecule has 0 saturated heterocycles. The molecule has 0 bridgehead atoms. The number of hydrogen-bond acceptors (Lipinski definition) is 2. The van der Waals surface area contributed by atoms with Gasteiger partial charge in [0, 0.05) is 19.3 Å². The van der Waals surface area contributed by atoms with Crippen LogP contribution in [-0.2, 0) is 19.9 Å². The second kappa shape index (κ2) is 3.46. The molecular weight excluding hydrogens is 174 g/mol. The third-order valence-corrected chi connectivity index (χ3v) is 2.23. The van der Waals surface area contributed by atoms with Gasteiger partial charge in [0.05, 0.1) is 5.69 Å². The summed E-state index contributed by atoms with van der Waals surface area (Å²) in [6.45, 7) is 0. The summed E-state index contributed by atoms with van der Waals surface area (Å²) in [6, 6.07) is 0.353. The maximum Gasteiger partial charge on any atom is 0.0657 e. The van der Waals surface area contributed by atoms with Gasteiger partial charge in [-0.15, -0.1) is 12.4 Å². The third-order valence-electron chi connectivity index (χ3n) is 2.23. The van der Waals surface area contributed by atoms with Crippen LogP contribution < -0.4 is 5.73 Å². The fourth-order valence-corrected chi connectivity index (χ4v) is 1.67. The first-order chi connectivity index (χ1) is 5.25. The van der Waals surface area contributed by atoms with Gasteiger partial charge in [-0.05, 0) is 24.8 Å². The number of aromatic nitrogens is 2. The van der Waals surface area contributed by atoms with E-state index in [2.05, 4.69) is 11.3 Å². The van der Waals surface area contributed by atoms with Gasteiger partial charge in [-0.1, -0.05) is 0 Å². The van der Waals surface area contributed by atoms with E-state index in [1.807, 2.05) is 11.7 Å². The molecule has 0 saturated carbocycles. The molecule has 0 radical (unpaired) electrons. The van der Waals surface area contributed by atoms with E-state index < -0.39 is 0 Å². The fourth-order valence-electron chi connectivity index (χ4n) is 1.67. The van der Waals surface area contributed by atoms with E-state index in [1.54, 1.807) is 0 Å². The number of fused-ring (bicyclic) bond motifs is 1. The van der Waals surface area contributed by atoms with Crippen LogP contribution in [0, 0.1) is 0 Å². The molecule has 68 valence electrons. The third kappa shape index (κ3) is 1.62. The number of halogens is 1. The molecule has 0 spiro atoms. The van der Waals surface area contributed by atoms with Crippen LogP contribution in [0.5, 0.6) is 0 Å². The second-order valence-corrected chi connectivity index (χ2v) is 3.28. The van der Waals surface area contributed by atoms with Gasteiger partial charge in [0.1, 0.15) is 0 Å². The van der Waals surface area contributed by atoms with Crippen molar-refractivity contribution in [3.8, 4) is 0 Å². The average Bonchev–Trinajstić information content (AvgIpc) is 2.27. The highest BCUT2D eigenvalue weighted by Gasteiger charge is 2.17. The summed E-state index contributed by atoms with van der Waals surface area (Å²) < 4.78 is 1.88. The molecule has 2 N–H and O–H groups in total. The lowest BCUT2D eigenvalue weighted by Crippen LogP contribution is -2.27. The quantitative estimate of drug-likeness (QED) is 0.649. The summed E-state index contributed by atoms with van der Waals surface area (Å²) in [7, 11) is 1.96. The lowest BCUT2D eigenvalue weighted by atomic mass is 9.94. The van der Waals surface area contributed by atoms with E-state index in [-0.39, 0.29) is 12.4 Å². The lowest BCUT2D eigenvalue weighted by molar-refractivity contribution is 0.569. The topological polar surface area (TPSA) is 43.8 Å². The van der Waals surface area contributed by atoms with E-state index in [1.165, 1.54) is 11.3 Å². The Morgan fingerprint density at radius 2 is 2.42 bits per heavy atom. The molecule has 12 heavy (non-hydrogen) atoms. The Bertz CT molecular complexity index is 269. The van der Waals surface area contributed by atoms with Crippen LogP contribution in [0.1, 0.15) is 17.7 Å². The molecule has 0 fully saturated rings. The Hall–Kier alpha value is -0.540. The molecule has 3 nitrogen and oxygen atoms in total. The summed E-state index contributed by atoms with van der Waals surface area (Å²) in [4.78, 5) is 0. The minimum absolute atomic E-state index is 0. The Morgan fingerprint density at radius 1 is 1.67 bits per heavy atom. The summed E-state index contributed by atoms with van der Waals surface area (Å²) in [5.74, 6) is 0. The maximum absolute atomic E-state index is 5.82. The van der Waals surface area contributed by atoms with Crippen molar-refractivity contribution in [3.63, 3.8) is 0 Å². The van der Waals surface area contributed by atoms with Gasteiger partial charge in [0.25, 0.3) is 0 Å². The van der Waals surface area contributed by atoms with Crippen LogP contribution in [-0.4, -0.2) is 15.8 Å². The van der Waals surface area contributed by atoms with Gasteiger partial charge in [-0.2, -0.15) is 5.10 Å². The van der Waals surface area contributed by atoms with Crippen molar-refractivity contribution in [2.24, 2.45) is 12.8 Å². The first-order valence-electron chi connectivity index (χ1n) is 4.02. The molecule has 2 rings (SSSR count). The summed E-state index contributed by atoms with van der Waals surface area (Å²) in [6.07, 6.45) is 5.22. The SMILES string of the molecule is Cl.Cn1cc2c(n1)CCC(N)C2. The Balaban J connectivity index is 0.000000720. The molecule has 4 heteroatoms. The monoisotopic (exact) mass is 187 g/mol. The molecule has 0 aliphatic heterocycles. The molecule has 1 aromatic heterocycles. The standard InChI is InChI=1S/C8H13N3.ClH/c1-11-5-6-4-7(9)2-3-8(6)10-11;/h5,7H,2-4,9H2,1H3;1H. The van der Waals surface area contributed by atoms with Crippen LogP contribution in [0.15, 0.2) is 6.20 Å². The predicted octanol–water partition coefficient (Wildman–Crippen LogP) is 0.658. The van der Waals surface area contributed by atoms with Crippen molar-refractivity contribution in [1.82, 2.24) is 9.78 Å². The van der Waals surface area contributed by atoms with Crippen LogP contribution in [0.3, 0.4) is 0 Å².